The number of rotatable bonds is 4. The number of hydrogen-bond acceptors (Lipinski definition) is 2. The molecule has 0 aliphatic heterocycles. The van der Waals surface area contributed by atoms with Gasteiger partial charge in [-0.25, -0.2) is 9.97 Å². The Bertz CT molecular complexity index is 323. The summed E-state index contributed by atoms with van der Waals surface area (Å²) in [6.45, 7) is 4.38. The Balaban J connectivity index is 2.11. The van der Waals surface area contributed by atoms with E-state index in [0.29, 0.717) is 11.1 Å². The van der Waals surface area contributed by atoms with Crippen LogP contribution in [0.2, 0.25) is 5.15 Å². The van der Waals surface area contributed by atoms with Gasteiger partial charge in [0.2, 0.25) is 0 Å². The van der Waals surface area contributed by atoms with Crippen LogP contribution in [0.15, 0.2) is 6.07 Å². The second-order valence-electron chi connectivity index (χ2n) is 4.84. The predicted octanol–water partition coefficient (Wildman–Crippen LogP) is 3.28. The molecule has 0 amide bonds. The molecule has 2 nitrogen and oxygen atoms in total. The van der Waals surface area contributed by atoms with Crippen molar-refractivity contribution >= 4 is 11.6 Å². The van der Waals surface area contributed by atoms with Crippen molar-refractivity contribution in [2.24, 2.45) is 11.8 Å². The van der Waals surface area contributed by atoms with Crippen LogP contribution < -0.4 is 0 Å². The fourth-order valence-electron chi connectivity index (χ4n) is 1.71. The third-order valence-electron chi connectivity index (χ3n) is 2.58. The molecule has 1 saturated carbocycles. The number of nitrogens with zero attached hydrogens (tertiary/aromatic N) is 2. The smallest absolute Gasteiger partial charge is 0.133 e. The zero-order valence-corrected chi connectivity index (χ0v) is 10.1. The fourth-order valence-corrected chi connectivity index (χ4v) is 1.93. The van der Waals surface area contributed by atoms with E-state index in [0.717, 1.165) is 30.3 Å². The van der Waals surface area contributed by atoms with E-state index in [-0.39, 0.29) is 0 Å². The van der Waals surface area contributed by atoms with Gasteiger partial charge in [0.25, 0.3) is 0 Å². The van der Waals surface area contributed by atoms with Gasteiger partial charge in [0.1, 0.15) is 11.0 Å². The van der Waals surface area contributed by atoms with Gasteiger partial charge in [-0.1, -0.05) is 25.4 Å². The minimum atomic E-state index is 0.594. The maximum Gasteiger partial charge on any atom is 0.133 e. The molecular formula is C12H17ClN2. The van der Waals surface area contributed by atoms with Crippen LogP contribution in [-0.4, -0.2) is 9.97 Å². The van der Waals surface area contributed by atoms with Gasteiger partial charge >= 0.3 is 0 Å². The van der Waals surface area contributed by atoms with E-state index < -0.39 is 0 Å². The Hall–Kier alpha value is -0.630. The van der Waals surface area contributed by atoms with Gasteiger partial charge in [0.15, 0.2) is 0 Å². The molecule has 0 unspecified atom stereocenters. The summed E-state index contributed by atoms with van der Waals surface area (Å²) in [5.41, 5.74) is 1.08. The second kappa shape index (κ2) is 4.48. The Morgan fingerprint density at radius 3 is 2.73 bits per heavy atom. The van der Waals surface area contributed by atoms with Crippen molar-refractivity contribution in [1.82, 2.24) is 9.97 Å². The lowest BCUT2D eigenvalue weighted by Crippen LogP contribution is -2.03. The van der Waals surface area contributed by atoms with Gasteiger partial charge in [0.05, 0.1) is 0 Å². The summed E-state index contributed by atoms with van der Waals surface area (Å²) >= 11 is 5.99. The number of hydrogen-bond donors (Lipinski definition) is 0. The van der Waals surface area contributed by atoms with E-state index in [9.17, 15) is 0 Å². The van der Waals surface area contributed by atoms with Crippen LogP contribution in [-0.2, 0) is 12.8 Å². The largest absolute Gasteiger partial charge is 0.238 e. The molecule has 0 saturated heterocycles. The van der Waals surface area contributed by atoms with Crippen molar-refractivity contribution in [3.63, 3.8) is 0 Å². The quantitative estimate of drug-likeness (QED) is 0.734. The molecule has 0 spiro atoms. The van der Waals surface area contributed by atoms with Crippen molar-refractivity contribution in [2.45, 2.75) is 39.5 Å². The average Bonchev–Trinajstić information content (AvgIpc) is 2.85. The minimum Gasteiger partial charge on any atom is -0.238 e. The summed E-state index contributed by atoms with van der Waals surface area (Å²) in [7, 11) is 0. The molecule has 0 aromatic carbocycles. The number of halogens is 1. The first-order valence-electron chi connectivity index (χ1n) is 5.66. The molecule has 3 heteroatoms. The maximum atomic E-state index is 5.99. The molecule has 0 N–H and O–H groups in total. The first-order valence-corrected chi connectivity index (χ1v) is 6.03. The third-order valence-corrected chi connectivity index (χ3v) is 2.77. The molecule has 1 aliphatic rings. The Kier molecular flexibility index (Phi) is 3.25. The van der Waals surface area contributed by atoms with E-state index in [1.54, 1.807) is 0 Å². The van der Waals surface area contributed by atoms with Crippen LogP contribution in [0.3, 0.4) is 0 Å². The first kappa shape index (κ1) is 10.9. The van der Waals surface area contributed by atoms with Crippen molar-refractivity contribution in [3.8, 4) is 0 Å². The van der Waals surface area contributed by atoms with Crippen molar-refractivity contribution in [2.75, 3.05) is 0 Å². The van der Waals surface area contributed by atoms with E-state index in [2.05, 4.69) is 23.8 Å². The van der Waals surface area contributed by atoms with E-state index in [4.69, 9.17) is 11.6 Å². The third kappa shape index (κ3) is 3.45. The van der Waals surface area contributed by atoms with E-state index in [1.165, 1.54) is 12.8 Å². The number of aromatic nitrogens is 2. The Labute approximate surface area is 96.1 Å². The van der Waals surface area contributed by atoms with Crippen LogP contribution in [0.25, 0.3) is 0 Å². The van der Waals surface area contributed by atoms with Gasteiger partial charge < -0.3 is 0 Å². The Morgan fingerprint density at radius 1 is 1.40 bits per heavy atom. The minimum absolute atomic E-state index is 0.594. The summed E-state index contributed by atoms with van der Waals surface area (Å²) in [6.07, 6.45) is 4.65. The summed E-state index contributed by atoms with van der Waals surface area (Å²) < 4.78 is 0. The van der Waals surface area contributed by atoms with Gasteiger partial charge in [-0.2, -0.15) is 0 Å². The standard InChI is InChI=1S/C12H17ClN2/c1-8(2)5-10-7-11(13)15-12(14-10)6-9-3-4-9/h7-9H,3-6H2,1-2H3. The highest BCUT2D eigenvalue weighted by molar-refractivity contribution is 6.29. The molecular weight excluding hydrogens is 208 g/mol. The van der Waals surface area contributed by atoms with Crippen LogP contribution in [0, 0.1) is 11.8 Å². The first-order chi connectivity index (χ1) is 7.13. The Morgan fingerprint density at radius 2 is 2.13 bits per heavy atom. The molecule has 2 rings (SSSR count). The average molecular weight is 225 g/mol. The van der Waals surface area contributed by atoms with Crippen molar-refractivity contribution in [3.05, 3.63) is 22.7 Å². The molecule has 1 aromatic heterocycles. The highest BCUT2D eigenvalue weighted by Gasteiger charge is 2.23. The topological polar surface area (TPSA) is 25.8 Å². The fraction of sp³-hybridized carbons (Fsp3) is 0.667. The maximum absolute atomic E-state index is 5.99. The highest BCUT2D eigenvalue weighted by Crippen LogP contribution is 2.31. The molecule has 82 valence electrons. The summed E-state index contributed by atoms with van der Waals surface area (Å²) in [4.78, 5) is 8.83. The SMILES string of the molecule is CC(C)Cc1cc(Cl)nc(CC2CC2)n1. The lowest BCUT2D eigenvalue weighted by Gasteiger charge is -2.06. The van der Waals surface area contributed by atoms with Gasteiger partial charge in [-0.05, 0) is 37.2 Å². The van der Waals surface area contributed by atoms with Crippen LogP contribution >= 0.6 is 11.6 Å². The van der Waals surface area contributed by atoms with Crippen LogP contribution in [0.4, 0.5) is 0 Å². The molecule has 1 aliphatic carbocycles. The van der Waals surface area contributed by atoms with Crippen LogP contribution in [0.1, 0.15) is 38.2 Å². The molecule has 0 radical (unpaired) electrons. The zero-order chi connectivity index (χ0) is 10.8. The lowest BCUT2D eigenvalue weighted by molar-refractivity contribution is 0.627. The summed E-state index contributed by atoms with van der Waals surface area (Å²) in [6, 6.07) is 1.89. The van der Waals surface area contributed by atoms with E-state index >= 15 is 0 Å². The van der Waals surface area contributed by atoms with Crippen LogP contribution in [0.5, 0.6) is 0 Å². The normalized spacial score (nSPS) is 16.0. The second-order valence-corrected chi connectivity index (χ2v) is 5.23. The van der Waals surface area contributed by atoms with Crippen molar-refractivity contribution in [1.29, 1.82) is 0 Å². The monoisotopic (exact) mass is 224 g/mol. The van der Waals surface area contributed by atoms with Gasteiger partial charge in [0, 0.05) is 12.1 Å². The highest BCUT2D eigenvalue weighted by atomic mass is 35.5. The summed E-state index contributed by atoms with van der Waals surface area (Å²) in [5.74, 6) is 2.36. The molecule has 1 fully saturated rings. The van der Waals surface area contributed by atoms with Gasteiger partial charge in [-0.3, -0.25) is 0 Å². The summed E-state index contributed by atoms with van der Waals surface area (Å²) in [5, 5.41) is 0.594. The van der Waals surface area contributed by atoms with Gasteiger partial charge in [-0.15, -0.1) is 0 Å². The zero-order valence-electron chi connectivity index (χ0n) is 9.33. The van der Waals surface area contributed by atoms with E-state index in [1.807, 2.05) is 6.07 Å². The molecule has 0 atom stereocenters. The molecule has 15 heavy (non-hydrogen) atoms. The van der Waals surface area contributed by atoms with Crippen molar-refractivity contribution < 1.29 is 0 Å². The lowest BCUT2D eigenvalue weighted by atomic mass is 10.1. The molecule has 1 heterocycles. The predicted molar refractivity (Wildman–Crippen MR) is 62.0 cm³/mol. The molecule has 0 bridgehead atoms. The molecule has 1 aromatic rings.